The van der Waals surface area contributed by atoms with E-state index in [1.165, 1.54) is 30.2 Å². The number of fused-ring (bicyclic) bond motifs is 1. The summed E-state index contributed by atoms with van der Waals surface area (Å²) in [5.74, 6) is 0.246. The molecule has 0 saturated carbocycles. The second-order valence-electron chi connectivity index (χ2n) is 6.78. The second kappa shape index (κ2) is 8.41. The highest BCUT2D eigenvalue weighted by atomic mass is 32.2. The number of rotatable bonds is 5. The van der Waals surface area contributed by atoms with Crippen LogP contribution in [0, 0.1) is 6.92 Å². The van der Waals surface area contributed by atoms with Gasteiger partial charge in [0.1, 0.15) is 5.01 Å². The predicted octanol–water partition coefficient (Wildman–Crippen LogP) is 4.44. The molecule has 0 aliphatic rings. The molecule has 4 aromatic rings. The Morgan fingerprint density at radius 3 is 2.67 bits per heavy atom. The van der Waals surface area contributed by atoms with Gasteiger partial charge in [-0.1, -0.05) is 35.5 Å². The number of aromatic nitrogens is 3. The Bertz CT molecular complexity index is 1290. The normalized spacial score (nSPS) is 11.0. The Labute approximate surface area is 181 Å². The van der Waals surface area contributed by atoms with Gasteiger partial charge in [0, 0.05) is 23.7 Å². The van der Waals surface area contributed by atoms with Crippen molar-refractivity contribution in [1.82, 2.24) is 14.5 Å². The summed E-state index contributed by atoms with van der Waals surface area (Å²) in [6.07, 6.45) is 0. The minimum atomic E-state index is -0.360. The van der Waals surface area contributed by atoms with Crippen LogP contribution in [0.4, 0.5) is 0 Å². The van der Waals surface area contributed by atoms with Gasteiger partial charge in [-0.3, -0.25) is 9.36 Å². The van der Waals surface area contributed by atoms with Gasteiger partial charge in [0.2, 0.25) is 0 Å². The third kappa shape index (κ3) is 4.01. The van der Waals surface area contributed by atoms with Crippen molar-refractivity contribution >= 4 is 40.0 Å². The SMILES string of the molecule is COC(=O)c1ccc(-c2nc(CSc3nc4ccc(C)cc4c(=O)n3C)cs2)cc1. The van der Waals surface area contributed by atoms with Gasteiger partial charge in [0.15, 0.2) is 5.16 Å². The van der Waals surface area contributed by atoms with Crippen molar-refractivity contribution in [2.24, 2.45) is 7.05 Å². The van der Waals surface area contributed by atoms with Gasteiger partial charge in [0.05, 0.1) is 29.3 Å². The number of nitrogens with zero attached hydrogens (tertiary/aromatic N) is 3. The molecule has 0 fully saturated rings. The number of thiazole rings is 1. The number of carbonyl (C=O) groups excluding carboxylic acids is 1. The molecular formula is C22H19N3O3S2. The summed E-state index contributed by atoms with van der Waals surface area (Å²) in [7, 11) is 3.11. The lowest BCUT2D eigenvalue weighted by molar-refractivity contribution is 0.0601. The lowest BCUT2D eigenvalue weighted by atomic mass is 10.1. The van der Waals surface area contributed by atoms with Crippen molar-refractivity contribution in [1.29, 1.82) is 0 Å². The Morgan fingerprint density at radius 1 is 1.17 bits per heavy atom. The van der Waals surface area contributed by atoms with E-state index in [0.717, 1.165) is 21.8 Å². The van der Waals surface area contributed by atoms with Gasteiger partial charge in [-0.2, -0.15) is 0 Å². The molecule has 0 radical (unpaired) electrons. The zero-order valence-electron chi connectivity index (χ0n) is 16.7. The standard InChI is InChI=1S/C22H19N3O3S2/c1-13-4-9-18-17(10-13)20(26)25(2)22(24-18)30-12-16-11-29-19(23-16)14-5-7-15(8-6-14)21(27)28-3/h4-11H,12H2,1-3H3. The van der Waals surface area contributed by atoms with Gasteiger partial charge in [0.25, 0.3) is 5.56 Å². The van der Waals surface area contributed by atoms with Gasteiger partial charge < -0.3 is 4.74 Å². The summed E-state index contributed by atoms with van der Waals surface area (Å²) < 4.78 is 6.31. The molecule has 0 N–H and O–H groups in total. The molecule has 8 heteroatoms. The van der Waals surface area contributed by atoms with Crippen LogP contribution >= 0.6 is 23.1 Å². The van der Waals surface area contributed by atoms with Crippen LogP contribution in [0.5, 0.6) is 0 Å². The number of thioether (sulfide) groups is 1. The summed E-state index contributed by atoms with van der Waals surface area (Å²) in [6, 6.07) is 12.9. The first-order valence-corrected chi connectivity index (χ1v) is 11.1. The Morgan fingerprint density at radius 2 is 1.93 bits per heavy atom. The van der Waals surface area contributed by atoms with Gasteiger partial charge in [-0.25, -0.2) is 14.8 Å². The first kappa shape index (κ1) is 20.3. The van der Waals surface area contributed by atoms with Crippen LogP contribution in [-0.2, 0) is 17.5 Å². The molecule has 0 atom stereocenters. The molecule has 0 unspecified atom stereocenters. The van der Waals surface area contributed by atoms with E-state index in [1.807, 2.05) is 42.6 Å². The van der Waals surface area contributed by atoms with Crippen LogP contribution < -0.4 is 5.56 Å². The fourth-order valence-corrected chi connectivity index (χ4v) is 4.80. The molecule has 0 aliphatic heterocycles. The summed E-state index contributed by atoms with van der Waals surface area (Å²) in [4.78, 5) is 33.6. The molecule has 152 valence electrons. The molecule has 2 heterocycles. The smallest absolute Gasteiger partial charge is 0.337 e. The molecule has 2 aromatic heterocycles. The molecule has 6 nitrogen and oxygen atoms in total. The molecule has 30 heavy (non-hydrogen) atoms. The zero-order valence-corrected chi connectivity index (χ0v) is 18.3. The summed E-state index contributed by atoms with van der Waals surface area (Å²) in [5, 5.41) is 4.17. The summed E-state index contributed by atoms with van der Waals surface area (Å²) >= 11 is 3.03. The van der Waals surface area contributed by atoms with E-state index in [0.29, 0.717) is 27.4 Å². The predicted molar refractivity (Wildman–Crippen MR) is 120 cm³/mol. The van der Waals surface area contributed by atoms with Crippen LogP contribution in [0.3, 0.4) is 0 Å². The molecule has 0 spiro atoms. The fourth-order valence-electron chi connectivity index (χ4n) is 3.00. The minimum absolute atomic E-state index is 0.0455. The van der Waals surface area contributed by atoms with E-state index in [-0.39, 0.29) is 11.5 Å². The van der Waals surface area contributed by atoms with Crippen molar-refractivity contribution in [2.75, 3.05) is 7.11 Å². The number of ether oxygens (including phenoxy) is 1. The number of methoxy groups -OCH3 is 1. The molecular weight excluding hydrogens is 418 g/mol. The van der Waals surface area contributed by atoms with E-state index < -0.39 is 0 Å². The maximum atomic E-state index is 12.7. The second-order valence-corrected chi connectivity index (χ2v) is 8.58. The maximum Gasteiger partial charge on any atom is 0.337 e. The number of hydrogen-bond donors (Lipinski definition) is 0. The highest BCUT2D eigenvalue weighted by molar-refractivity contribution is 7.98. The molecule has 0 amide bonds. The number of aryl methyl sites for hydroxylation is 1. The summed E-state index contributed by atoms with van der Waals surface area (Å²) in [6.45, 7) is 1.96. The van der Waals surface area contributed by atoms with E-state index in [4.69, 9.17) is 4.74 Å². The lowest BCUT2D eigenvalue weighted by Crippen LogP contribution is -2.20. The quantitative estimate of drug-likeness (QED) is 0.261. The molecule has 0 bridgehead atoms. The molecule has 0 aliphatic carbocycles. The number of carbonyl (C=O) groups is 1. The minimum Gasteiger partial charge on any atom is -0.465 e. The number of esters is 1. The largest absolute Gasteiger partial charge is 0.465 e. The van der Waals surface area contributed by atoms with Gasteiger partial charge >= 0.3 is 5.97 Å². The average Bonchev–Trinajstić information content (AvgIpc) is 3.24. The van der Waals surface area contributed by atoms with Crippen LogP contribution in [0.15, 0.2) is 57.8 Å². The van der Waals surface area contributed by atoms with E-state index in [9.17, 15) is 9.59 Å². The third-order valence-corrected chi connectivity index (χ3v) is 6.65. The van der Waals surface area contributed by atoms with Gasteiger partial charge in [-0.15, -0.1) is 11.3 Å². The zero-order chi connectivity index (χ0) is 21.3. The Kier molecular flexibility index (Phi) is 5.69. The number of hydrogen-bond acceptors (Lipinski definition) is 7. The molecule has 2 aromatic carbocycles. The Balaban J connectivity index is 1.52. The van der Waals surface area contributed by atoms with Crippen molar-refractivity contribution in [3.8, 4) is 10.6 Å². The monoisotopic (exact) mass is 437 g/mol. The highest BCUT2D eigenvalue weighted by Crippen LogP contribution is 2.28. The average molecular weight is 438 g/mol. The highest BCUT2D eigenvalue weighted by Gasteiger charge is 2.12. The first-order chi connectivity index (χ1) is 14.5. The number of benzene rings is 2. The first-order valence-electron chi connectivity index (χ1n) is 9.19. The van der Waals surface area contributed by atoms with Crippen molar-refractivity contribution in [2.45, 2.75) is 17.8 Å². The van der Waals surface area contributed by atoms with Gasteiger partial charge in [-0.05, 0) is 31.2 Å². The van der Waals surface area contributed by atoms with E-state index in [1.54, 1.807) is 23.7 Å². The summed E-state index contributed by atoms with van der Waals surface area (Å²) in [5.41, 5.74) is 4.06. The topological polar surface area (TPSA) is 74.1 Å². The van der Waals surface area contributed by atoms with Crippen molar-refractivity contribution in [3.05, 3.63) is 75.0 Å². The van der Waals surface area contributed by atoms with Crippen LogP contribution in [0.2, 0.25) is 0 Å². The van der Waals surface area contributed by atoms with Crippen molar-refractivity contribution in [3.63, 3.8) is 0 Å². The van der Waals surface area contributed by atoms with Crippen LogP contribution in [-0.4, -0.2) is 27.6 Å². The van der Waals surface area contributed by atoms with E-state index in [2.05, 4.69) is 9.97 Å². The van der Waals surface area contributed by atoms with Crippen molar-refractivity contribution < 1.29 is 9.53 Å². The Hall–Kier alpha value is -2.97. The van der Waals surface area contributed by atoms with Crippen LogP contribution in [0.1, 0.15) is 21.6 Å². The van der Waals surface area contributed by atoms with E-state index >= 15 is 0 Å². The lowest BCUT2D eigenvalue weighted by Gasteiger charge is -2.08. The van der Waals surface area contributed by atoms with Crippen LogP contribution in [0.25, 0.3) is 21.5 Å². The third-order valence-electron chi connectivity index (χ3n) is 4.64. The molecule has 4 rings (SSSR count). The molecule has 0 saturated heterocycles. The maximum absolute atomic E-state index is 12.7. The fraction of sp³-hybridized carbons (Fsp3) is 0.182.